The molecule has 7 heteroatoms. The molecule has 0 bridgehead atoms. The minimum atomic E-state index is -0.843. The van der Waals surface area contributed by atoms with Crippen LogP contribution in [0.4, 0.5) is 0 Å². The van der Waals surface area contributed by atoms with Crippen LogP contribution < -0.4 is 0 Å². The molecule has 43 heavy (non-hydrogen) atoms. The third kappa shape index (κ3) is 31.5. The molecule has 0 heterocycles. The fourth-order valence-corrected chi connectivity index (χ4v) is 7.15. The number of hydrogen-bond donors (Lipinski definition) is 1. The molecule has 0 aliphatic heterocycles. The second-order valence-electron chi connectivity index (χ2n) is 12.3. The molecule has 0 aromatic carbocycles. The van der Waals surface area contributed by atoms with Gasteiger partial charge in [0.15, 0.2) is 15.3 Å². The van der Waals surface area contributed by atoms with Crippen molar-refractivity contribution in [2.75, 3.05) is 0 Å². The van der Waals surface area contributed by atoms with Crippen LogP contribution in [0.1, 0.15) is 200 Å². The van der Waals surface area contributed by atoms with Crippen LogP contribution in [0.5, 0.6) is 0 Å². The number of hydrogen-bond acceptors (Lipinski definition) is 7. The number of carbonyl (C=O) groups excluding carboxylic acids is 4. The summed E-state index contributed by atoms with van der Waals surface area (Å²) in [6.07, 6.45) is 33.2. The van der Waals surface area contributed by atoms with E-state index in [4.69, 9.17) is 0 Å². The smallest absolute Gasteiger partial charge is 0.209 e. The highest BCUT2D eigenvalue weighted by molar-refractivity contribution is 8.27. The van der Waals surface area contributed by atoms with Crippen molar-refractivity contribution in [2.45, 2.75) is 205 Å². The Kier molecular flexibility index (Phi) is 32.9. The summed E-state index contributed by atoms with van der Waals surface area (Å²) in [6, 6.07) is 0. The second-order valence-corrected chi connectivity index (χ2v) is 15.1. The molecule has 0 fully saturated rings. The zero-order valence-electron chi connectivity index (χ0n) is 28.0. The Morgan fingerprint density at radius 1 is 0.419 bits per heavy atom. The van der Waals surface area contributed by atoms with Crippen molar-refractivity contribution in [2.24, 2.45) is 0 Å². The van der Waals surface area contributed by atoms with Crippen LogP contribution in [0.2, 0.25) is 0 Å². The molecule has 0 spiro atoms. The topological polar surface area (TPSA) is 68.3 Å². The molecule has 0 saturated heterocycles. The van der Waals surface area contributed by atoms with E-state index in [1.165, 1.54) is 128 Å². The number of rotatable bonds is 31. The first-order chi connectivity index (χ1) is 20.9. The van der Waals surface area contributed by atoms with Gasteiger partial charge in [0.05, 0.1) is 5.25 Å². The minimum Gasteiger partial charge on any atom is -0.287 e. The molecule has 1 unspecified atom stereocenters. The summed E-state index contributed by atoms with van der Waals surface area (Å²) in [7, 11) is 0. The Labute approximate surface area is 280 Å². The summed E-state index contributed by atoms with van der Waals surface area (Å²) in [5.74, 6) is 0. The summed E-state index contributed by atoms with van der Waals surface area (Å²) >= 11 is 5.63. The predicted molar refractivity (Wildman–Crippen MR) is 193 cm³/mol. The molecule has 0 aliphatic carbocycles. The summed E-state index contributed by atoms with van der Waals surface area (Å²) in [4.78, 5) is 48.9. The SMILES string of the molecule is CCCCCCCCCCCCCCCC(=O)SC(=O)CC(S)C(=O)SC(=O)CCCCCCCCCCCCCCC. The number of thioether (sulfide) groups is 2. The quantitative estimate of drug-likeness (QED) is 0.0590. The van der Waals surface area contributed by atoms with E-state index in [9.17, 15) is 19.2 Å². The van der Waals surface area contributed by atoms with Crippen molar-refractivity contribution in [3.63, 3.8) is 0 Å². The van der Waals surface area contributed by atoms with Crippen LogP contribution in [0.25, 0.3) is 0 Å². The van der Waals surface area contributed by atoms with Gasteiger partial charge in [-0.1, -0.05) is 168 Å². The fraction of sp³-hybridized carbons (Fsp3) is 0.889. The maximum absolute atomic E-state index is 12.3. The Balaban J connectivity index is 3.66. The van der Waals surface area contributed by atoms with Crippen LogP contribution in [-0.4, -0.2) is 25.7 Å². The number of unbranched alkanes of at least 4 members (excludes halogenated alkanes) is 24. The Morgan fingerprint density at radius 3 is 1.02 bits per heavy atom. The van der Waals surface area contributed by atoms with Gasteiger partial charge in [0.2, 0.25) is 5.12 Å². The van der Waals surface area contributed by atoms with Gasteiger partial charge < -0.3 is 0 Å². The maximum atomic E-state index is 12.3. The molecule has 0 radical (unpaired) electrons. The first-order valence-electron chi connectivity index (χ1n) is 18.1. The van der Waals surface area contributed by atoms with Crippen LogP contribution in [-0.2, 0) is 19.2 Å². The lowest BCUT2D eigenvalue weighted by atomic mass is 10.0. The van der Waals surface area contributed by atoms with Crippen molar-refractivity contribution < 1.29 is 19.2 Å². The molecular weight excluding hydrogens is 593 g/mol. The van der Waals surface area contributed by atoms with Crippen LogP contribution in [0.3, 0.4) is 0 Å². The van der Waals surface area contributed by atoms with E-state index >= 15 is 0 Å². The van der Waals surface area contributed by atoms with E-state index in [0.29, 0.717) is 36.4 Å². The first-order valence-corrected chi connectivity index (χ1v) is 20.2. The first kappa shape index (κ1) is 42.7. The van der Waals surface area contributed by atoms with Crippen molar-refractivity contribution in [1.29, 1.82) is 0 Å². The van der Waals surface area contributed by atoms with Gasteiger partial charge >= 0.3 is 0 Å². The van der Waals surface area contributed by atoms with Gasteiger partial charge in [-0.3, -0.25) is 19.2 Å². The Hall–Kier alpha value is -0.270. The molecule has 0 amide bonds. The molecule has 252 valence electrons. The summed E-state index contributed by atoms with van der Waals surface area (Å²) in [5.41, 5.74) is 0. The molecule has 0 saturated carbocycles. The van der Waals surface area contributed by atoms with E-state index < -0.39 is 5.25 Å². The zero-order valence-corrected chi connectivity index (χ0v) is 30.5. The van der Waals surface area contributed by atoms with Gasteiger partial charge in [0, 0.05) is 19.3 Å². The number of carbonyl (C=O) groups is 4. The van der Waals surface area contributed by atoms with Gasteiger partial charge in [-0.05, 0) is 36.4 Å². The highest BCUT2D eigenvalue weighted by Crippen LogP contribution is 2.22. The summed E-state index contributed by atoms with van der Waals surface area (Å²) in [6.45, 7) is 4.51. The lowest BCUT2D eigenvalue weighted by Gasteiger charge is -2.08. The summed E-state index contributed by atoms with van der Waals surface area (Å²) in [5, 5.41) is -1.85. The highest BCUT2D eigenvalue weighted by Gasteiger charge is 2.23. The lowest BCUT2D eigenvalue weighted by Crippen LogP contribution is -2.17. The molecule has 0 aliphatic rings. The van der Waals surface area contributed by atoms with E-state index in [-0.39, 0.29) is 26.9 Å². The molecule has 0 rings (SSSR count). The molecule has 0 aromatic rings. The maximum Gasteiger partial charge on any atom is 0.209 e. The fourth-order valence-electron chi connectivity index (χ4n) is 5.27. The van der Waals surface area contributed by atoms with Crippen molar-refractivity contribution in [3.05, 3.63) is 0 Å². The Bertz CT molecular complexity index is 698. The van der Waals surface area contributed by atoms with Gasteiger partial charge in [-0.2, -0.15) is 12.6 Å². The zero-order chi connectivity index (χ0) is 31.8. The van der Waals surface area contributed by atoms with E-state index in [1.807, 2.05) is 0 Å². The minimum absolute atomic E-state index is 0.115. The van der Waals surface area contributed by atoms with Gasteiger partial charge in [-0.15, -0.1) is 0 Å². The van der Waals surface area contributed by atoms with Crippen LogP contribution in [0, 0.1) is 0 Å². The van der Waals surface area contributed by atoms with Gasteiger partial charge in [0.25, 0.3) is 0 Å². The average molecular weight is 659 g/mol. The molecule has 4 nitrogen and oxygen atoms in total. The van der Waals surface area contributed by atoms with Crippen LogP contribution >= 0.6 is 36.2 Å². The van der Waals surface area contributed by atoms with Gasteiger partial charge in [-0.25, -0.2) is 0 Å². The third-order valence-electron chi connectivity index (χ3n) is 8.04. The van der Waals surface area contributed by atoms with E-state index in [1.54, 1.807) is 0 Å². The van der Waals surface area contributed by atoms with E-state index in [2.05, 4.69) is 26.5 Å². The van der Waals surface area contributed by atoms with Crippen molar-refractivity contribution in [1.82, 2.24) is 0 Å². The lowest BCUT2D eigenvalue weighted by molar-refractivity contribution is -0.117. The summed E-state index contributed by atoms with van der Waals surface area (Å²) < 4.78 is 0. The predicted octanol–water partition coefficient (Wildman–Crippen LogP) is 12.2. The van der Waals surface area contributed by atoms with Gasteiger partial charge in [0.1, 0.15) is 0 Å². The molecule has 1 atom stereocenters. The standard InChI is InChI=1S/C36H66O4S3/c1-3-5-7-9-11-13-15-17-19-21-23-25-27-29-33(37)42-35(39)31-32(41)36(40)43-34(38)30-28-26-24-22-20-18-16-14-12-10-8-6-4-2/h32,41H,3-31H2,1-2H3. The highest BCUT2D eigenvalue weighted by atomic mass is 32.2. The average Bonchev–Trinajstić information content (AvgIpc) is 2.97. The normalized spacial score (nSPS) is 12.0. The number of thiol groups is 1. The van der Waals surface area contributed by atoms with Crippen molar-refractivity contribution in [3.8, 4) is 0 Å². The molecule has 0 N–H and O–H groups in total. The van der Waals surface area contributed by atoms with Crippen LogP contribution in [0.15, 0.2) is 0 Å². The monoisotopic (exact) mass is 658 g/mol. The molecule has 0 aromatic heterocycles. The third-order valence-corrected chi connectivity index (χ3v) is 10.4. The van der Waals surface area contributed by atoms with E-state index in [0.717, 1.165) is 38.5 Å². The molecular formula is C36H66O4S3. The van der Waals surface area contributed by atoms with Crippen molar-refractivity contribution >= 4 is 56.6 Å². The second kappa shape index (κ2) is 33.1. The largest absolute Gasteiger partial charge is 0.287 e. The Morgan fingerprint density at radius 2 is 0.698 bits per heavy atom.